The fourth-order valence-corrected chi connectivity index (χ4v) is 4.16. The molecule has 2 aromatic rings. The van der Waals surface area contributed by atoms with Gasteiger partial charge < -0.3 is 4.57 Å². The number of carbonyl (C=O) groups excluding carboxylic acids is 1. The van der Waals surface area contributed by atoms with Crippen LogP contribution < -0.4 is 0 Å². The van der Waals surface area contributed by atoms with Gasteiger partial charge in [-0.25, -0.2) is 4.98 Å². The lowest BCUT2D eigenvalue weighted by Gasteiger charge is -2.30. The number of carbonyl (C=O) groups is 1. The third kappa shape index (κ3) is 2.85. The van der Waals surface area contributed by atoms with Gasteiger partial charge in [0, 0.05) is 24.6 Å². The molecule has 1 aliphatic heterocycles. The average Bonchev–Trinajstić information content (AvgIpc) is 2.84. The standard InChI is InChI=1S/C16H21N3OS/c1-3-19-13-7-5-4-6-12(13)17-16(19)10-15(20)14-11-21-9-8-18(14)2/h4-7,14H,3,8-11H2,1-2H3. The van der Waals surface area contributed by atoms with Crippen molar-refractivity contribution < 1.29 is 4.79 Å². The zero-order valence-electron chi connectivity index (χ0n) is 12.6. The first-order valence-corrected chi connectivity index (χ1v) is 8.61. The summed E-state index contributed by atoms with van der Waals surface area (Å²) in [7, 11) is 2.05. The lowest BCUT2D eigenvalue weighted by atomic mass is 10.1. The maximum absolute atomic E-state index is 12.6. The first kappa shape index (κ1) is 14.6. The molecule has 1 fully saturated rings. The Morgan fingerprint density at radius 2 is 2.24 bits per heavy atom. The topological polar surface area (TPSA) is 38.1 Å². The number of thioether (sulfide) groups is 1. The molecule has 0 N–H and O–H groups in total. The fourth-order valence-electron chi connectivity index (χ4n) is 2.91. The van der Waals surface area contributed by atoms with Crippen molar-refractivity contribution in [2.75, 3.05) is 25.1 Å². The van der Waals surface area contributed by atoms with Gasteiger partial charge in [0.05, 0.1) is 23.5 Å². The maximum Gasteiger partial charge on any atom is 0.158 e. The van der Waals surface area contributed by atoms with E-state index in [0.717, 1.165) is 41.5 Å². The Balaban J connectivity index is 1.85. The van der Waals surface area contributed by atoms with E-state index in [4.69, 9.17) is 0 Å². The summed E-state index contributed by atoms with van der Waals surface area (Å²) < 4.78 is 2.16. The largest absolute Gasteiger partial charge is 0.328 e. The van der Waals surface area contributed by atoms with Crippen LogP contribution in [0.2, 0.25) is 0 Å². The van der Waals surface area contributed by atoms with Crippen LogP contribution in [0.25, 0.3) is 11.0 Å². The molecule has 1 unspecified atom stereocenters. The van der Waals surface area contributed by atoms with Crippen LogP contribution in [0.15, 0.2) is 24.3 Å². The highest BCUT2D eigenvalue weighted by atomic mass is 32.2. The molecule has 0 bridgehead atoms. The number of likely N-dealkylation sites (N-methyl/N-ethyl adjacent to an activating group) is 1. The number of imidazole rings is 1. The zero-order valence-corrected chi connectivity index (χ0v) is 13.4. The summed E-state index contributed by atoms with van der Waals surface area (Å²) in [5.74, 6) is 3.21. The van der Waals surface area contributed by atoms with Crippen molar-refractivity contribution in [3.63, 3.8) is 0 Å². The van der Waals surface area contributed by atoms with E-state index < -0.39 is 0 Å². The molecule has 3 rings (SSSR count). The van der Waals surface area contributed by atoms with E-state index in [2.05, 4.69) is 27.4 Å². The van der Waals surface area contributed by atoms with E-state index >= 15 is 0 Å². The van der Waals surface area contributed by atoms with Crippen molar-refractivity contribution in [3.8, 4) is 0 Å². The van der Waals surface area contributed by atoms with Crippen LogP contribution in [-0.2, 0) is 17.8 Å². The average molecular weight is 303 g/mol. The summed E-state index contributed by atoms with van der Waals surface area (Å²) in [5.41, 5.74) is 2.10. The molecule has 0 aliphatic carbocycles. The lowest BCUT2D eigenvalue weighted by molar-refractivity contribution is -0.122. The predicted octanol–water partition coefficient (Wildman–Crippen LogP) is 2.21. The molecule has 1 aliphatic rings. The van der Waals surface area contributed by atoms with Gasteiger partial charge in [0.1, 0.15) is 5.82 Å². The Morgan fingerprint density at radius 3 is 3.00 bits per heavy atom. The van der Waals surface area contributed by atoms with E-state index in [9.17, 15) is 4.79 Å². The Kier molecular flexibility index (Phi) is 4.31. The number of hydrogen-bond acceptors (Lipinski definition) is 4. The van der Waals surface area contributed by atoms with Crippen molar-refractivity contribution in [1.29, 1.82) is 0 Å². The molecular weight excluding hydrogens is 282 g/mol. The number of aryl methyl sites for hydroxylation is 1. The number of hydrogen-bond donors (Lipinski definition) is 0. The normalized spacial score (nSPS) is 20.0. The SMILES string of the molecule is CCn1c(CC(=O)C2CSCCN2C)nc2ccccc21. The van der Waals surface area contributed by atoms with E-state index in [1.165, 1.54) is 0 Å². The number of para-hydroxylation sites is 2. The highest BCUT2D eigenvalue weighted by molar-refractivity contribution is 7.99. The van der Waals surface area contributed by atoms with Crippen LogP contribution in [0.5, 0.6) is 0 Å². The highest BCUT2D eigenvalue weighted by Gasteiger charge is 2.27. The summed E-state index contributed by atoms with van der Waals surface area (Å²) in [4.78, 5) is 19.5. The second kappa shape index (κ2) is 6.20. The Morgan fingerprint density at radius 1 is 1.43 bits per heavy atom. The molecule has 21 heavy (non-hydrogen) atoms. The van der Waals surface area contributed by atoms with Crippen LogP contribution in [0, 0.1) is 0 Å². The van der Waals surface area contributed by atoms with E-state index in [1.807, 2.05) is 37.0 Å². The number of rotatable bonds is 4. The van der Waals surface area contributed by atoms with E-state index in [1.54, 1.807) is 0 Å². The summed E-state index contributed by atoms with van der Waals surface area (Å²) >= 11 is 1.87. The van der Waals surface area contributed by atoms with Gasteiger partial charge in [-0.15, -0.1) is 0 Å². The van der Waals surface area contributed by atoms with Gasteiger partial charge in [0.2, 0.25) is 0 Å². The smallest absolute Gasteiger partial charge is 0.158 e. The summed E-state index contributed by atoms with van der Waals surface area (Å²) in [5, 5.41) is 0. The van der Waals surface area contributed by atoms with E-state index in [-0.39, 0.29) is 11.8 Å². The van der Waals surface area contributed by atoms with Gasteiger partial charge >= 0.3 is 0 Å². The minimum atomic E-state index is 0.0360. The maximum atomic E-state index is 12.6. The van der Waals surface area contributed by atoms with Crippen LogP contribution >= 0.6 is 11.8 Å². The van der Waals surface area contributed by atoms with E-state index in [0.29, 0.717) is 6.42 Å². The molecule has 112 valence electrons. The van der Waals surface area contributed by atoms with Crippen molar-refractivity contribution >= 4 is 28.6 Å². The summed E-state index contributed by atoms with van der Waals surface area (Å²) in [6, 6.07) is 8.13. The molecule has 1 atom stereocenters. The molecular formula is C16H21N3OS. The quantitative estimate of drug-likeness (QED) is 0.868. The van der Waals surface area contributed by atoms with Crippen molar-refractivity contribution in [2.45, 2.75) is 25.9 Å². The molecule has 0 spiro atoms. The first-order valence-electron chi connectivity index (χ1n) is 7.45. The van der Waals surface area contributed by atoms with Gasteiger partial charge in [-0.1, -0.05) is 12.1 Å². The van der Waals surface area contributed by atoms with Crippen molar-refractivity contribution in [3.05, 3.63) is 30.1 Å². The Bertz CT molecular complexity index is 652. The van der Waals surface area contributed by atoms with Crippen molar-refractivity contribution in [1.82, 2.24) is 14.5 Å². The third-order valence-corrected chi connectivity index (χ3v) is 5.17. The van der Waals surface area contributed by atoms with Crippen LogP contribution in [-0.4, -0.2) is 51.4 Å². The Hall–Kier alpha value is -1.33. The molecule has 0 radical (unpaired) electrons. The molecule has 0 saturated carbocycles. The number of Topliss-reactive ketones (excluding diaryl/α,β-unsaturated/α-hetero) is 1. The number of fused-ring (bicyclic) bond motifs is 1. The molecule has 1 saturated heterocycles. The number of aromatic nitrogens is 2. The number of ketones is 1. The minimum absolute atomic E-state index is 0.0360. The number of nitrogens with zero attached hydrogens (tertiary/aromatic N) is 3. The highest BCUT2D eigenvalue weighted by Crippen LogP contribution is 2.20. The van der Waals surface area contributed by atoms with Gasteiger partial charge in [-0.05, 0) is 26.1 Å². The van der Waals surface area contributed by atoms with Gasteiger partial charge in [-0.2, -0.15) is 11.8 Å². The van der Waals surface area contributed by atoms with Crippen molar-refractivity contribution in [2.24, 2.45) is 0 Å². The summed E-state index contributed by atoms with van der Waals surface area (Å²) in [6.07, 6.45) is 0.429. The summed E-state index contributed by atoms with van der Waals surface area (Å²) in [6.45, 7) is 3.94. The van der Waals surface area contributed by atoms with Gasteiger partial charge in [-0.3, -0.25) is 9.69 Å². The molecule has 1 aromatic carbocycles. The second-order valence-corrected chi connectivity index (χ2v) is 6.63. The van der Waals surface area contributed by atoms with Gasteiger partial charge in [0.15, 0.2) is 5.78 Å². The molecule has 5 heteroatoms. The predicted molar refractivity (Wildman–Crippen MR) is 87.9 cm³/mol. The Labute approximate surface area is 129 Å². The monoisotopic (exact) mass is 303 g/mol. The molecule has 4 nitrogen and oxygen atoms in total. The molecule has 1 aromatic heterocycles. The minimum Gasteiger partial charge on any atom is -0.328 e. The van der Waals surface area contributed by atoms with Crippen LogP contribution in [0.4, 0.5) is 0 Å². The second-order valence-electron chi connectivity index (χ2n) is 5.48. The third-order valence-electron chi connectivity index (χ3n) is 4.15. The molecule has 0 amide bonds. The first-order chi connectivity index (χ1) is 10.2. The lowest BCUT2D eigenvalue weighted by Crippen LogP contribution is -2.45. The van der Waals surface area contributed by atoms with Crippen LogP contribution in [0.3, 0.4) is 0 Å². The zero-order chi connectivity index (χ0) is 14.8. The fraction of sp³-hybridized carbons (Fsp3) is 0.500. The van der Waals surface area contributed by atoms with Gasteiger partial charge in [0.25, 0.3) is 0 Å². The van der Waals surface area contributed by atoms with Crippen LogP contribution in [0.1, 0.15) is 12.7 Å². The number of benzene rings is 1. The molecule has 2 heterocycles.